The van der Waals surface area contributed by atoms with Crippen molar-refractivity contribution in [2.24, 2.45) is 5.73 Å². The molecule has 1 fully saturated rings. The van der Waals surface area contributed by atoms with Crippen LogP contribution in [0.3, 0.4) is 0 Å². The van der Waals surface area contributed by atoms with Crippen molar-refractivity contribution in [1.29, 1.82) is 0 Å². The smallest absolute Gasteiger partial charge is 0.246 e. The Morgan fingerprint density at radius 1 is 1.48 bits per heavy atom. The molecule has 118 valence electrons. The zero-order valence-corrected chi connectivity index (χ0v) is 13.3. The highest BCUT2D eigenvalue weighted by Gasteiger charge is 2.38. The summed E-state index contributed by atoms with van der Waals surface area (Å²) in [7, 11) is -3.88. The highest BCUT2D eigenvalue weighted by molar-refractivity contribution is 7.89. The first kappa shape index (κ1) is 16.4. The van der Waals surface area contributed by atoms with Gasteiger partial charge >= 0.3 is 0 Å². The molecule has 0 saturated carbocycles. The first-order valence-electron chi connectivity index (χ1n) is 6.82. The van der Waals surface area contributed by atoms with Crippen LogP contribution in [0.5, 0.6) is 0 Å². The van der Waals surface area contributed by atoms with E-state index in [0.29, 0.717) is 5.56 Å². The van der Waals surface area contributed by atoms with Crippen LogP contribution in [0.25, 0.3) is 0 Å². The van der Waals surface area contributed by atoms with E-state index in [0.717, 1.165) is 0 Å². The normalized spacial score (nSPS) is 23.2. The number of rotatable bonds is 3. The van der Waals surface area contributed by atoms with E-state index in [1.807, 2.05) is 13.8 Å². The van der Waals surface area contributed by atoms with Gasteiger partial charge in [0, 0.05) is 19.6 Å². The summed E-state index contributed by atoms with van der Waals surface area (Å²) in [4.78, 5) is -0.315. The Morgan fingerprint density at radius 3 is 2.67 bits per heavy atom. The van der Waals surface area contributed by atoms with Gasteiger partial charge in [0.15, 0.2) is 0 Å². The monoisotopic (exact) mass is 316 g/mol. The lowest BCUT2D eigenvalue weighted by molar-refractivity contribution is -0.109. The molecular weight excluding hydrogens is 295 g/mol. The number of benzene rings is 1. The summed E-state index contributed by atoms with van der Waals surface area (Å²) < 4.78 is 46.3. The summed E-state index contributed by atoms with van der Waals surface area (Å²) in [6.45, 7) is 6.01. The van der Waals surface area contributed by atoms with Gasteiger partial charge in [0.1, 0.15) is 10.7 Å². The van der Waals surface area contributed by atoms with Crippen molar-refractivity contribution >= 4 is 10.0 Å². The number of ether oxygens (including phenoxy) is 1. The fraction of sp³-hybridized carbons (Fsp3) is 0.571. The molecule has 1 aromatic rings. The van der Waals surface area contributed by atoms with Crippen LogP contribution in [0.2, 0.25) is 0 Å². The van der Waals surface area contributed by atoms with E-state index in [9.17, 15) is 12.8 Å². The van der Waals surface area contributed by atoms with Gasteiger partial charge in [-0.05, 0) is 38.5 Å². The average molecular weight is 316 g/mol. The lowest BCUT2D eigenvalue weighted by atomic mass is 10.1. The number of hydrogen-bond donors (Lipinski definition) is 1. The fourth-order valence-electron chi connectivity index (χ4n) is 2.60. The molecule has 0 amide bonds. The van der Waals surface area contributed by atoms with E-state index in [1.54, 1.807) is 6.92 Å². The quantitative estimate of drug-likeness (QED) is 0.916. The molecule has 1 aromatic carbocycles. The molecule has 1 saturated heterocycles. The molecule has 0 aromatic heterocycles. The van der Waals surface area contributed by atoms with Gasteiger partial charge in [0.2, 0.25) is 10.0 Å². The third-order valence-electron chi connectivity index (χ3n) is 3.39. The summed E-state index contributed by atoms with van der Waals surface area (Å²) in [6.07, 6.45) is -0.241. The molecule has 1 aliphatic heterocycles. The van der Waals surface area contributed by atoms with Crippen LogP contribution in [0, 0.1) is 5.82 Å². The van der Waals surface area contributed by atoms with Crippen LogP contribution in [0.4, 0.5) is 4.39 Å². The average Bonchev–Trinajstić information content (AvgIpc) is 2.35. The lowest BCUT2D eigenvalue weighted by Gasteiger charge is -2.40. The van der Waals surface area contributed by atoms with Gasteiger partial charge < -0.3 is 10.5 Å². The molecule has 7 heteroatoms. The standard InChI is InChI=1S/C14H21FN2O3S/c1-10-8-17(9-14(2,3)20-10)21(18,19)13-5-4-11(7-16)6-12(13)15/h4-6,10H,7-9,16H2,1-3H3. The molecule has 1 heterocycles. The van der Waals surface area contributed by atoms with Crippen LogP contribution >= 0.6 is 0 Å². The minimum Gasteiger partial charge on any atom is -0.370 e. The minimum absolute atomic E-state index is 0.166. The largest absolute Gasteiger partial charge is 0.370 e. The topological polar surface area (TPSA) is 72.6 Å². The summed E-state index contributed by atoms with van der Waals surface area (Å²) in [5.41, 5.74) is 5.39. The predicted molar refractivity (Wildman–Crippen MR) is 77.7 cm³/mol. The first-order valence-corrected chi connectivity index (χ1v) is 8.26. The van der Waals surface area contributed by atoms with Crippen molar-refractivity contribution in [1.82, 2.24) is 4.31 Å². The van der Waals surface area contributed by atoms with Crippen LogP contribution in [-0.4, -0.2) is 37.5 Å². The number of nitrogens with two attached hydrogens (primary N) is 1. The van der Waals surface area contributed by atoms with Crippen LogP contribution in [0.1, 0.15) is 26.3 Å². The Balaban J connectivity index is 2.38. The number of halogens is 1. The zero-order valence-electron chi connectivity index (χ0n) is 12.5. The fourth-order valence-corrected chi connectivity index (χ4v) is 4.31. The molecule has 5 nitrogen and oxygen atoms in total. The summed E-state index contributed by atoms with van der Waals surface area (Å²) in [5.74, 6) is -0.769. The highest BCUT2D eigenvalue weighted by atomic mass is 32.2. The second-order valence-corrected chi connectivity index (χ2v) is 7.86. The maximum absolute atomic E-state index is 14.1. The molecular formula is C14H21FN2O3S. The molecule has 2 N–H and O–H groups in total. The highest BCUT2D eigenvalue weighted by Crippen LogP contribution is 2.27. The van der Waals surface area contributed by atoms with Gasteiger partial charge in [-0.3, -0.25) is 0 Å². The van der Waals surface area contributed by atoms with Gasteiger partial charge in [-0.2, -0.15) is 4.31 Å². The Kier molecular flexibility index (Phi) is 4.39. The Labute approximate surface area is 124 Å². The van der Waals surface area contributed by atoms with Crippen molar-refractivity contribution in [2.75, 3.05) is 13.1 Å². The predicted octanol–water partition coefficient (Wildman–Crippen LogP) is 1.47. The van der Waals surface area contributed by atoms with Crippen molar-refractivity contribution in [3.05, 3.63) is 29.6 Å². The minimum atomic E-state index is -3.88. The molecule has 1 unspecified atom stereocenters. The van der Waals surface area contributed by atoms with E-state index >= 15 is 0 Å². The van der Waals surface area contributed by atoms with E-state index in [4.69, 9.17) is 10.5 Å². The maximum Gasteiger partial charge on any atom is 0.246 e. The van der Waals surface area contributed by atoms with Crippen molar-refractivity contribution < 1.29 is 17.5 Å². The molecule has 0 aliphatic carbocycles. The molecule has 1 aliphatic rings. The van der Waals surface area contributed by atoms with Crippen LogP contribution in [-0.2, 0) is 21.3 Å². The van der Waals surface area contributed by atoms with Gasteiger partial charge in [0.25, 0.3) is 0 Å². The zero-order chi connectivity index (χ0) is 15.8. The molecule has 0 spiro atoms. The second kappa shape index (κ2) is 5.64. The van der Waals surface area contributed by atoms with Gasteiger partial charge in [0.05, 0.1) is 11.7 Å². The van der Waals surface area contributed by atoms with E-state index in [-0.39, 0.29) is 30.6 Å². The van der Waals surface area contributed by atoms with Gasteiger partial charge in [-0.25, -0.2) is 12.8 Å². The van der Waals surface area contributed by atoms with Crippen molar-refractivity contribution in [3.63, 3.8) is 0 Å². The van der Waals surface area contributed by atoms with Crippen molar-refractivity contribution in [2.45, 2.75) is 43.9 Å². The molecule has 1 atom stereocenters. The SMILES string of the molecule is CC1CN(S(=O)(=O)c2ccc(CN)cc2F)CC(C)(C)O1. The third-order valence-corrected chi connectivity index (χ3v) is 5.23. The van der Waals surface area contributed by atoms with Crippen LogP contribution in [0.15, 0.2) is 23.1 Å². The second-order valence-electron chi connectivity index (χ2n) is 5.95. The van der Waals surface area contributed by atoms with Crippen molar-refractivity contribution in [3.8, 4) is 0 Å². The van der Waals surface area contributed by atoms with E-state index < -0.39 is 21.4 Å². The molecule has 2 rings (SSSR count). The van der Waals surface area contributed by atoms with E-state index in [2.05, 4.69) is 0 Å². The lowest BCUT2D eigenvalue weighted by Crippen LogP contribution is -2.53. The van der Waals surface area contributed by atoms with Crippen LogP contribution < -0.4 is 5.73 Å². The molecule has 0 radical (unpaired) electrons. The number of nitrogens with zero attached hydrogens (tertiary/aromatic N) is 1. The molecule has 21 heavy (non-hydrogen) atoms. The van der Waals surface area contributed by atoms with Gasteiger partial charge in [-0.1, -0.05) is 6.07 Å². The Morgan fingerprint density at radius 2 is 2.14 bits per heavy atom. The third kappa shape index (κ3) is 3.42. The first-order chi connectivity index (χ1) is 9.65. The summed E-state index contributed by atoms with van der Waals surface area (Å²) in [5, 5.41) is 0. The summed E-state index contributed by atoms with van der Waals surface area (Å²) >= 11 is 0. The number of sulfonamides is 1. The Hall–Kier alpha value is -1.02. The van der Waals surface area contributed by atoms with Gasteiger partial charge in [-0.15, -0.1) is 0 Å². The number of hydrogen-bond acceptors (Lipinski definition) is 4. The number of morpholine rings is 1. The molecule has 0 bridgehead atoms. The van der Waals surface area contributed by atoms with E-state index in [1.165, 1.54) is 22.5 Å². The summed E-state index contributed by atoms with van der Waals surface area (Å²) in [6, 6.07) is 3.98. The Bertz CT molecular complexity index is 631. The maximum atomic E-state index is 14.1.